The van der Waals surface area contributed by atoms with E-state index in [0.29, 0.717) is 12.2 Å². The zero-order chi connectivity index (χ0) is 12.3. The van der Waals surface area contributed by atoms with Gasteiger partial charge in [-0.15, -0.1) is 0 Å². The quantitative estimate of drug-likeness (QED) is 0.855. The summed E-state index contributed by atoms with van der Waals surface area (Å²) in [7, 11) is 0. The predicted molar refractivity (Wildman–Crippen MR) is 62.3 cm³/mol. The van der Waals surface area contributed by atoms with Gasteiger partial charge in [0.25, 0.3) is 5.91 Å². The SMILES string of the molecule is CC1CC(NC(=O)c2ccc(F)cc2)CCO1. The third kappa shape index (κ3) is 3.27. The minimum absolute atomic E-state index is 0.149. The molecule has 17 heavy (non-hydrogen) atoms. The second-order valence-corrected chi connectivity index (χ2v) is 4.38. The van der Waals surface area contributed by atoms with Crippen LogP contribution in [0.4, 0.5) is 4.39 Å². The van der Waals surface area contributed by atoms with E-state index >= 15 is 0 Å². The maximum Gasteiger partial charge on any atom is 0.251 e. The maximum absolute atomic E-state index is 12.7. The molecule has 0 saturated carbocycles. The first-order valence-corrected chi connectivity index (χ1v) is 5.83. The van der Waals surface area contributed by atoms with Gasteiger partial charge in [-0.3, -0.25) is 4.79 Å². The molecule has 0 spiro atoms. The maximum atomic E-state index is 12.7. The average Bonchev–Trinajstić information content (AvgIpc) is 2.29. The monoisotopic (exact) mass is 237 g/mol. The van der Waals surface area contributed by atoms with Crippen molar-refractivity contribution < 1.29 is 13.9 Å². The summed E-state index contributed by atoms with van der Waals surface area (Å²) in [4.78, 5) is 11.9. The van der Waals surface area contributed by atoms with Crippen LogP contribution >= 0.6 is 0 Å². The highest BCUT2D eigenvalue weighted by atomic mass is 19.1. The Hall–Kier alpha value is -1.42. The third-order valence-electron chi connectivity index (χ3n) is 2.93. The second kappa shape index (κ2) is 5.27. The standard InChI is InChI=1S/C13H16FNO2/c1-9-8-12(6-7-17-9)15-13(16)10-2-4-11(14)5-3-10/h2-5,9,12H,6-8H2,1H3,(H,15,16). The lowest BCUT2D eigenvalue weighted by molar-refractivity contribution is 0.0136. The van der Waals surface area contributed by atoms with Gasteiger partial charge in [-0.05, 0) is 44.0 Å². The molecule has 0 radical (unpaired) electrons. The van der Waals surface area contributed by atoms with E-state index in [9.17, 15) is 9.18 Å². The van der Waals surface area contributed by atoms with Gasteiger partial charge in [0.1, 0.15) is 5.82 Å². The molecule has 1 aromatic rings. The Bertz CT molecular complexity index is 391. The van der Waals surface area contributed by atoms with Gasteiger partial charge in [0.2, 0.25) is 0 Å². The molecule has 92 valence electrons. The van der Waals surface area contributed by atoms with Gasteiger partial charge in [0.15, 0.2) is 0 Å². The van der Waals surface area contributed by atoms with Crippen molar-refractivity contribution in [2.75, 3.05) is 6.61 Å². The fourth-order valence-electron chi connectivity index (χ4n) is 2.00. The van der Waals surface area contributed by atoms with Crippen molar-refractivity contribution in [1.82, 2.24) is 5.32 Å². The summed E-state index contributed by atoms with van der Waals surface area (Å²) in [5.74, 6) is -0.481. The van der Waals surface area contributed by atoms with Gasteiger partial charge in [-0.1, -0.05) is 0 Å². The lowest BCUT2D eigenvalue weighted by Gasteiger charge is -2.27. The van der Waals surface area contributed by atoms with Crippen molar-refractivity contribution in [3.05, 3.63) is 35.6 Å². The summed E-state index contributed by atoms with van der Waals surface area (Å²) in [6, 6.07) is 5.72. The van der Waals surface area contributed by atoms with Crippen LogP contribution in [-0.2, 0) is 4.74 Å². The Balaban J connectivity index is 1.94. The van der Waals surface area contributed by atoms with Crippen LogP contribution in [0.2, 0.25) is 0 Å². The zero-order valence-corrected chi connectivity index (χ0v) is 9.78. The van der Waals surface area contributed by atoms with Gasteiger partial charge in [0, 0.05) is 18.2 Å². The highest BCUT2D eigenvalue weighted by molar-refractivity contribution is 5.94. The molecule has 1 aliphatic rings. The number of halogens is 1. The molecule has 0 bridgehead atoms. The number of hydrogen-bond donors (Lipinski definition) is 1. The Labute approximate surface area is 100.0 Å². The summed E-state index contributed by atoms with van der Waals surface area (Å²) >= 11 is 0. The summed E-state index contributed by atoms with van der Waals surface area (Å²) in [5.41, 5.74) is 0.491. The Morgan fingerprint density at radius 2 is 2.12 bits per heavy atom. The molecule has 1 aliphatic heterocycles. The molecule has 0 aliphatic carbocycles. The number of ether oxygens (including phenoxy) is 1. The van der Waals surface area contributed by atoms with Crippen molar-refractivity contribution in [3.63, 3.8) is 0 Å². The van der Waals surface area contributed by atoms with Crippen LogP contribution in [0.3, 0.4) is 0 Å². The number of rotatable bonds is 2. The first-order chi connectivity index (χ1) is 8.15. The largest absolute Gasteiger partial charge is 0.378 e. The van der Waals surface area contributed by atoms with E-state index in [2.05, 4.69) is 5.32 Å². The van der Waals surface area contributed by atoms with Crippen LogP contribution < -0.4 is 5.32 Å². The Kier molecular flexibility index (Phi) is 3.74. The summed E-state index contributed by atoms with van der Waals surface area (Å²) < 4.78 is 18.1. The molecule has 1 heterocycles. The molecule has 4 heteroatoms. The number of carbonyl (C=O) groups is 1. The van der Waals surface area contributed by atoms with Crippen LogP contribution in [0.1, 0.15) is 30.1 Å². The van der Waals surface area contributed by atoms with Crippen molar-refractivity contribution in [1.29, 1.82) is 0 Å². The smallest absolute Gasteiger partial charge is 0.251 e. The van der Waals surface area contributed by atoms with Crippen LogP contribution in [0, 0.1) is 5.82 Å². The molecule has 2 rings (SSSR count). The van der Waals surface area contributed by atoms with Gasteiger partial charge >= 0.3 is 0 Å². The average molecular weight is 237 g/mol. The molecular weight excluding hydrogens is 221 g/mol. The van der Waals surface area contributed by atoms with Crippen molar-refractivity contribution in [2.24, 2.45) is 0 Å². The van der Waals surface area contributed by atoms with Crippen LogP contribution in [0.5, 0.6) is 0 Å². The predicted octanol–water partition coefficient (Wildman–Crippen LogP) is 2.12. The fraction of sp³-hybridized carbons (Fsp3) is 0.462. The molecule has 3 nitrogen and oxygen atoms in total. The van der Waals surface area contributed by atoms with Crippen LogP contribution in [0.25, 0.3) is 0 Å². The number of carbonyl (C=O) groups excluding carboxylic acids is 1. The summed E-state index contributed by atoms with van der Waals surface area (Å²) in [6.45, 7) is 2.67. The van der Waals surface area contributed by atoms with E-state index in [1.807, 2.05) is 6.92 Å². The minimum Gasteiger partial charge on any atom is -0.378 e. The fourth-order valence-corrected chi connectivity index (χ4v) is 2.00. The van der Waals surface area contributed by atoms with E-state index < -0.39 is 0 Å². The van der Waals surface area contributed by atoms with E-state index in [1.54, 1.807) is 0 Å². The molecule has 2 unspecified atom stereocenters. The number of benzene rings is 1. The van der Waals surface area contributed by atoms with Crippen LogP contribution in [-0.4, -0.2) is 24.7 Å². The minimum atomic E-state index is -0.332. The molecular formula is C13H16FNO2. The topological polar surface area (TPSA) is 38.3 Å². The first-order valence-electron chi connectivity index (χ1n) is 5.83. The number of amides is 1. The van der Waals surface area contributed by atoms with Gasteiger partial charge in [0.05, 0.1) is 6.10 Å². The van der Waals surface area contributed by atoms with E-state index in [1.165, 1.54) is 24.3 Å². The molecule has 1 fully saturated rings. The number of hydrogen-bond acceptors (Lipinski definition) is 2. The lowest BCUT2D eigenvalue weighted by atomic mass is 10.0. The summed E-state index contributed by atoms with van der Waals surface area (Å²) in [6.07, 6.45) is 1.84. The van der Waals surface area contributed by atoms with Gasteiger partial charge in [-0.25, -0.2) is 4.39 Å². The lowest BCUT2D eigenvalue weighted by Crippen LogP contribution is -2.41. The van der Waals surface area contributed by atoms with Crippen LogP contribution in [0.15, 0.2) is 24.3 Å². The van der Waals surface area contributed by atoms with Crippen molar-refractivity contribution in [2.45, 2.75) is 31.9 Å². The van der Waals surface area contributed by atoms with Crippen molar-refractivity contribution in [3.8, 4) is 0 Å². The van der Waals surface area contributed by atoms with Gasteiger partial charge < -0.3 is 10.1 Å². The molecule has 1 N–H and O–H groups in total. The summed E-state index contributed by atoms with van der Waals surface area (Å²) in [5, 5.41) is 2.94. The van der Waals surface area contributed by atoms with E-state index in [4.69, 9.17) is 4.74 Å². The van der Waals surface area contributed by atoms with E-state index in [0.717, 1.165) is 12.8 Å². The van der Waals surface area contributed by atoms with Gasteiger partial charge in [-0.2, -0.15) is 0 Å². The van der Waals surface area contributed by atoms with E-state index in [-0.39, 0.29) is 23.9 Å². The molecule has 1 saturated heterocycles. The zero-order valence-electron chi connectivity index (χ0n) is 9.78. The van der Waals surface area contributed by atoms with Crippen molar-refractivity contribution >= 4 is 5.91 Å². The molecule has 0 aromatic heterocycles. The Morgan fingerprint density at radius 1 is 1.41 bits per heavy atom. The Morgan fingerprint density at radius 3 is 2.76 bits per heavy atom. The normalized spacial score (nSPS) is 24.4. The second-order valence-electron chi connectivity index (χ2n) is 4.38. The first kappa shape index (κ1) is 12.0. The third-order valence-corrected chi connectivity index (χ3v) is 2.93. The highest BCUT2D eigenvalue weighted by Crippen LogP contribution is 2.14. The molecule has 2 atom stereocenters. The highest BCUT2D eigenvalue weighted by Gasteiger charge is 2.21. The number of nitrogens with one attached hydrogen (secondary N) is 1. The molecule has 1 aromatic carbocycles. The molecule has 1 amide bonds.